The summed E-state index contributed by atoms with van der Waals surface area (Å²) in [7, 11) is 0. The molecule has 20 heavy (non-hydrogen) atoms. The first-order valence-corrected chi connectivity index (χ1v) is 7.30. The van der Waals surface area contributed by atoms with Crippen LogP contribution in [0.1, 0.15) is 18.4 Å². The minimum Gasteiger partial charge on any atom is -0.461 e. The number of anilines is 1. The number of fused-ring (bicyclic) bond motifs is 1. The van der Waals surface area contributed by atoms with E-state index in [1.807, 2.05) is 25.1 Å². The summed E-state index contributed by atoms with van der Waals surface area (Å²) in [5.41, 5.74) is 7.86. The summed E-state index contributed by atoms with van der Waals surface area (Å²) < 4.78 is 6.23. The van der Waals surface area contributed by atoms with Crippen LogP contribution in [0, 0.1) is 24.2 Å². The second-order valence-electron chi connectivity index (χ2n) is 6.24. The lowest BCUT2D eigenvalue weighted by molar-refractivity contribution is 0.257. The van der Waals surface area contributed by atoms with Crippen molar-refractivity contribution in [2.75, 3.05) is 5.73 Å². The topological polar surface area (TPSA) is 35.2 Å². The zero-order chi connectivity index (χ0) is 13.7. The molecule has 3 atom stereocenters. The van der Waals surface area contributed by atoms with Crippen molar-refractivity contribution in [1.29, 1.82) is 0 Å². The Kier molecular flexibility index (Phi) is 2.38. The lowest BCUT2D eigenvalue weighted by atomic mass is 9.74. The van der Waals surface area contributed by atoms with Crippen LogP contribution in [-0.2, 0) is 0 Å². The highest BCUT2D eigenvalue weighted by molar-refractivity contribution is 5.50. The quantitative estimate of drug-likeness (QED) is 0.820. The average Bonchev–Trinajstić information content (AvgIpc) is 2.96. The van der Waals surface area contributed by atoms with Crippen molar-refractivity contribution in [1.82, 2.24) is 0 Å². The zero-order valence-electron chi connectivity index (χ0n) is 11.7. The van der Waals surface area contributed by atoms with Crippen molar-refractivity contribution >= 4 is 5.69 Å². The van der Waals surface area contributed by atoms with E-state index in [4.69, 9.17) is 10.5 Å². The lowest BCUT2D eigenvalue weighted by Gasteiger charge is -2.34. The molecule has 2 bridgehead atoms. The van der Waals surface area contributed by atoms with Gasteiger partial charge in [-0.15, -0.1) is 0 Å². The van der Waals surface area contributed by atoms with Crippen molar-refractivity contribution in [3.8, 4) is 5.75 Å². The molecular weight excluding hydrogens is 246 g/mol. The molecule has 0 aliphatic heterocycles. The van der Waals surface area contributed by atoms with Crippen LogP contribution in [0.5, 0.6) is 5.75 Å². The smallest absolute Gasteiger partial charge is 0.127 e. The van der Waals surface area contributed by atoms with Crippen LogP contribution in [0.4, 0.5) is 5.69 Å². The van der Waals surface area contributed by atoms with E-state index in [0.29, 0.717) is 11.8 Å². The molecule has 2 heteroatoms. The highest BCUT2D eigenvalue weighted by Crippen LogP contribution is 2.59. The third-order valence-electron chi connectivity index (χ3n) is 4.98. The molecule has 3 unspecified atom stereocenters. The maximum Gasteiger partial charge on any atom is 0.127 e. The largest absolute Gasteiger partial charge is 0.461 e. The SMILES string of the molecule is Cc1cc(OC2=CC3CC4C=CC=CC24C3)ccc1N. The van der Waals surface area contributed by atoms with Crippen LogP contribution in [0.15, 0.2) is 54.3 Å². The molecule has 0 aromatic heterocycles. The Labute approximate surface area is 119 Å². The fourth-order valence-corrected chi connectivity index (χ4v) is 3.90. The molecule has 1 aromatic rings. The van der Waals surface area contributed by atoms with Gasteiger partial charge in [0.25, 0.3) is 0 Å². The summed E-state index contributed by atoms with van der Waals surface area (Å²) in [6.45, 7) is 2.02. The first-order valence-electron chi connectivity index (χ1n) is 7.30. The molecule has 102 valence electrons. The Morgan fingerprint density at radius 3 is 3.05 bits per heavy atom. The van der Waals surface area contributed by atoms with Gasteiger partial charge in [-0.1, -0.05) is 24.3 Å². The molecule has 3 aliphatic carbocycles. The van der Waals surface area contributed by atoms with Gasteiger partial charge < -0.3 is 10.5 Å². The third kappa shape index (κ3) is 1.57. The summed E-state index contributed by atoms with van der Waals surface area (Å²) in [6, 6.07) is 5.91. The van der Waals surface area contributed by atoms with Gasteiger partial charge in [-0.25, -0.2) is 0 Å². The molecule has 1 aromatic carbocycles. The Balaban J connectivity index is 1.66. The molecule has 0 radical (unpaired) electrons. The van der Waals surface area contributed by atoms with Gasteiger partial charge in [-0.3, -0.25) is 0 Å². The van der Waals surface area contributed by atoms with E-state index in [1.54, 1.807) is 0 Å². The number of rotatable bonds is 2. The predicted molar refractivity (Wildman–Crippen MR) is 81.2 cm³/mol. The van der Waals surface area contributed by atoms with Crippen molar-refractivity contribution in [3.05, 3.63) is 59.9 Å². The van der Waals surface area contributed by atoms with Crippen LogP contribution < -0.4 is 10.5 Å². The van der Waals surface area contributed by atoms with Crippen LogP contribution in [0.25, 0.3) is 0 Å². The number of hydrogen-bond donors (Lipinski definition) is 1. The number of benzene rings is 1. The third-order valence-corrected chi connectivity index (χ3v) is 4.98. The monoisotopic (exact) mass is 265 g/mol. The molecule has 0 amide bonds. The van der Waals surface area contributed by atoms with E-state index < -0.39 is 0 Å². The zero-order valence-corrected chi connectivity index (χ0v) is 11.7. The van der Waals surface area contributed by atoms with Gasteiger partial charge in [-0.2, -0.15) is 0 Å². The number of hydrogen-bond acceptors (Lipinski definition) is 2. The molecule has 1 saturated carbocycles. The minimum atomic E-state index is 0.106. The average molecular weight is 265 g/mol. The minimum absolute atomic E-state index is 0.106. The number of allylic oxidation sites excluding steroid dienone is 5. The van der Waals surface area contributed by atoms with Crippen molar-refractivity contribution < 1.29 is 4.74 Å². The summed E-state index contributed by atoms with van der Waals surface area (Å²) in [5, 5.41) is 0. The fraction of sp³-hybridized carbons (Fsp3) is 0.333. The first kappa shape index (κ1) is 11.8. The highest BCUT2D eigenvalue weighted by Gasteiger charge is 2.53. The van der Waals surface area contributed by atoms with Gasteiger partial charge in [0.1, 0.15) is 11.5 Å². The maximum absolute atomic E-state index is 6.23. The molecule has 0 saturated heterocycles. The van der Waals surface area contributed by atoms with Crippen LogP contribution >= 0.6 is 0 Å². The summed E-state index contributed by atoms with van der Waals surface area (Å²) >= 11 is 0. The molecule has 1 spiro atoms. The van der Waals surface area contributed by atoms with Gasteiger partial charge in [0.2, 0.25) is 0 Å². The Morgan fingerprint density at radius 2 is 2.20 bits per heavy atom. The molecule has 2 N–H and O–H groups in total. The van der Waals surface area contributed by atoms with Crippen molar-refractivity contribution in [2.24, 2.45) is 17.3 Å². The standard InChI is InChI=1S/C18H19NO/c1-12-8-15(5-6-16(12)19)20-17-10-13-9-14-4-2-3-7-18(14,17)11-13/h2-8,10,13-14H,9,11,19H2,1H3. The normalized spacial score (nSPS) is 33.1. The fourth-order valence-electron chi connectivity index (χ4n) is 3.90. The lowest BCUT2D eigenvalue weighted by Crippen LogP contribution is -2.28. The number of ether oxygens (including phenoxy) is 1. The van der Waals surface area contributed by atoms with E-state index in [1.165, 1.54) is 12.8 Å². The molecule has 1 fully saturated rings. The second kappa shape index (κ2) is 4.02. The Morgan fingerprint density at radius 1 is 1.30 bits per heavy atom. The Bertz CT molecular complexity index is 655. The van der Waals surface area contributed by atoms with Crippen LogP contribution in [0.3, 0.4) is 0 Å². The molecule has 2 nitrogen and oxygen atoms in total. The second-order valence-corrected chi connectivity index (χ2v) is 6.24. The highest BCUT2D eigenvalue weighted by atomic mass is 16.5. The molecule has 4 rings (SSSR count). The predicted octanol–water partition coefficient (Wildman–Crippen LogP) is 3.99. The molecule has 0 heterocycles. The van der Waals surface area contributed by atoms with Gasteiger partial charge in [0.05, 0.1) is 5.41 Å². The van der Waals surface area contributed by atoms with E-state index >= 15 is 0 Å². The maximum atomic E-state index is 6.23. The summed E-state index contributed by atoms with van der Waals surface area (Å²) in [5.74, 6) is 3.29. The molecule has 3 aliphatic rings. The van der Waals surface area contributed by atoms with Crippen LogP contribution in [0.2, 0.25) is 0 Å². The first-order chi connectivity index (χ1) is 9.67. The number of nitrogen functional groups attached to an aromatic ring is 1. The van der Waals surface area contributed by atoms with Gasteiger partial charge in [0, 0.05) is 5.69 Å². The van der Waals surface area contributed by atoms with Crippen LogP contribution in [-0.4, -0.2) is 0 Å². The van der Waals surface area contributed by atoms with Gasteiger partial charge >= 0.3 is 0 Å². The van der Waals surface area contributed by atoms with E-state index in [0.717, 1.165) is 22.8 Å². The van der Waals surface area contributed by atoms with Crippen molar-refractivity contribution in [2.45, 2.75) is 19.8 Å². The van der Waals surface area contributed by atoms with E-state index in [-0.39, 0.29) is 5.41 Å². The summed E-state index contributed by atoms with van der Waals surface area (Å²) in [6.07, 6.45) is 13.8. The summed E-state index contributed by atoms with van der Waals surface area (Å²) in [4.78, 5) is 0. The van der Waals surface area contributed by atoms with E-state index in [2.05, 4.69) is 30.4 Å². The number of aryl methyl sites for hydroxylation is 1. The van der Waals surface area contributed by atoms with Crippen molar-refractivity contribution in [3.63, 3.8) is 0 Å². The Hall–Kier alpha value is -1.96. The van der Waals surface area contributed by atoms with E-state index in [9.17, 15) is 0 Å². The van der Waals surface area contributed by atoms with Gasteiger partial charge in [-0.05, 0) is 61.4 Å². The number of nitrogens with two attached hydrogens (primary N) is 1. The van der Waals surface area contributed by atoms with Gasteiger partial charge in [0.15, 0.2) is 0 Å². The molecular formula is C18H19NO.